The maximum absolute atomic E-state index is 11.6. The second-order valence-corrected chi connectivity index (χ2v) is 5.10. The third-order valence-electron chi connectivity index (χ3n) is 2.45. The Hall–Kier alpha value is -1.59. The first-order valence-electron chi connectivity index (χ1n) is 5.50. The molecule has 1 amide bonds. The van der Waals surface area contributed by atoms with Gasteiger partial charge in [0.15, 0.2) is 0 Å². The van der Waals surface area contributed by atoms with Gasteiger partial charge in [0, 0.05) is 24.4 Å². The van der Waals surface area contributed by atoms with Gasteiger partial charge < -0.3 is 10.0 Å². The zero-order valence-corrected chi connectivity index (χ0v) is 11.1. The Kier molecular flexibility index (Phi) is 3.84. The molecule has 0 unspecified atom stereocenters. The summed E-state index contributed by atoms with van der Waals surface area (Å²) in [7, 11) is 3.44. The minimum atomic E-state index is -0.0794. The van der Waals surface area contributed by atoms with Crippen molar-refractivity contribution < 1.29 is 9.90 Å². The molecule has 0 saturated heterocycles. The average Bonchev–Trinajstić information content (AvgIpc) is 2.37. The van der Waals surface area contributed by atoms with Gasteiger partial charge in [0.1, 0.15) is 0 Å². The molecule has 2 rings (SSSR count). The second-order valence-electron chi connectivity index (χ2n) is 4.08. The summed E-state index contributed by atoms with van der Waals surface area (Å²) in [6, 6.07) is 9.39. The number of thioether (sulfide) groups is 1. The van der Waals surface area contributed by atoms with Crippen molar-refractivity contribution in [2.75, 3.05) is 14.1 Å². The van der Waals surface area contributed by atoms with Crippen LogP contribution in [0.2, 0.25) is 0 Å². The van der Waals surface area contributed by atoms with Crippen molar-refractivity contribution in [3.63, 3.8) is 0 Å². The van der Waals surface area contributed by atoms with E-state index >= 15 is 0 Å². The van der Waals surface area contributed by atoms with Crippen molar-refractivity contribution in [2.45, 2.75) is 11.5 Å². The molecule has 0 spiro atoms. The SMILES string of the molecule is CN(C)C(=O)Sc1ccc2ccc(CO)nc2c1. The molecule has 0 bridgehead atoms. The van der Waals surface area contributed by atoms with Crippen molar-refractivity contribution in [1.82, 2.24) is 9.88 Å². The number of nitrogens with zero attached hydrogens (tertiary/aromatic N) is 2. The van der Waals surface area contributed by atoms with Gasteiger partial charge in [-0.1, -0.05) is 12.1 Å². The Morgan fingerprint density at radius 2 is 2.06 bits per heavy atom. The maximum Gasteiger partial charge on any atom is 0.285 e. The number of hydrogen-bond donors (Lipinski definition) is 1. The molecule has 0 aliphatic heterocycles. The zero-order valence-electron chi connectivity index (χ0n) is 10.3. The van der Waals surface area contributed by atoms with Crippen LogP contribution < -0.4 is 0 Å². The molecular formula is C13H14N2O2S. The lowest BCUT2D eigenvalue weighted by atomic mass is 10.2. The van der Waals surface area contributed by atoms with E-state index in [9.17, 15) is 4.79 Å². The van der Waals surface area contributed by atoms with Crippen LogP contribution in [0.15, 0.2) is 35.2 Å². The van der Waals surface area contributed by atoms with Crippen LogP contribution in [-0.2, 0) is 6.61 Å². The van der Waals surface area contributed by atoms with E-state index in [4.69, 9.17) is 5.11 Å². The lowest BCUT2D eigenvalue weighted by molar-refractivity contribution is 0.241. The van der Waals surface area contributed by atoms with E-state index in [-0.39, 0.29) is 11.8 Å². The predicted octanol–water partition coefficient (Wildman–Crippen LogP) is 2.50. The lowest BCUT2D eigenvalue weighted by Crippen LogP contribution is -2.15. The number of aromatic nitrogens is 1. The average molecular weight is 262 g/mol. The summed E-state index contributed by atoms with van der Waals surface area (Å²) in [5, 5.41) is 10.0. The van der Waals surface area contributed by atoms with Crippen LogP contribution in [0.25, 0.3) is 10.9 Å². The van der Waals surface area contributed by atoms with Crippen molar-refractivity contribution >= 4 is 27.9 Å². The molecule has 2 aromatic rings. The van der Waals surface area contributed by atoms with E-state index in [2.05, 4.69) is 4.98 Å². The quantitative estimate of drug-likeness (QED) is 0.845. The van der Waals surface area contributed by atoms with Gasteiger partial charge in [-0.3, -0.25) is 9.78 Å². The van der Waals surface area contributed by atoms with E-state index in [1.165, 1.54) is 4.90 Å². The summed E-state index contributed by atoms with van der Waals surface area (Å²) in [6.45, 7) is -0.0794. The topological polar surface area (TPSA) is 53.4 Å². The Labute approximate surface area is 110 Å². The Morgan fingerprint density at radius 1 is 1.33 bits per heavy atom. The number of carbonyl (C=O) groups is 1. The molecule has 0 atom stereocenters. The molecule has 4 nitrogen and oxygen atoms in total. The Balaban J connectivity index is 2.33. The molecule has 1 heterocycles. The van der Waals surface area contributed by atoms with Crippen LogP contribution in [0.3, 0.4) is 0 Å². The van der Waals surface area contributed by atoms with E-state index in [1.54, 1.807) is 20.2 Å². The summed E-state index contributed by atoms with van der Waals surface area (Å²) in [4.78, 5) is 18.3. The van der Waals surface area contributed by atoms with Crippen molar-refractivity contribution in [2.24, 2.45) is 0 Å². The van der Waals surface area contributed by atoms with Gasteiger partial charge in [-0.15, -0.1) is 0 Å². The molecule has 1 aromatic heterocycles. The monoisotopic (exact) mass is 262 g/mol. The Bertz CT molecular complexity index is 584. The van der Waals surface area contributed by atoms with Crippen LogP contribution in [0.5, 0.6) is 0 Å². The molecule has 18 heavy (non-hydrogen) atoms. The molecule has 1 N–H and O–H groups in total. The number of hydrogen-bond acceptors (Lipinski definition) is 4. The number of pyridine rings is 1. The molecule has 0 aliphatic rings. The first-order valence-corrected chi connectivity index (χ1v) is 6.31. The number of benzene rings is 1. The lowest BCUT2D eigenvalue weighted by Gasteiger charge is -2.09. The van der Waals surface area contributed by atoms with Gasteiger partial charge in [-0.25, -0.2) is 0 Å². The van der Waals surface area contributed by atoms with Gasteiger partial charge in [0.05, 0.1) is 17.8 Å². The fourth-order valence-electron chi connectivity index (χ4n) is 1.48. The summed E-state index contributed by atoms with van der Waals surface area (Å²) >= 11 is 1.16. The Morgan fingerprint density at radius 3 is 2.72 bits per heavy atom. The van der Waals surface area contributed by atoms with E-state index in [0.717, 1.165) is 27.6 Å². The molecule has 0 aliphatic carbocycles. The van der Waals surface area contributed by atoms with Crippen molar-refractivity contribution in [3.05, 3.63) is 36.0 Å². The summed E-state index contributed by atoms with van der Waals surface area (Å²) in [6.07, 6.45) is 0. The highest BCUT2D eigenvalue weighted by molar-refractivity contribution is 8.13. The van der Waals surface area contributed by atoms with Crippen LogP contribution >= 0.6 is 11.8 Å². The highest BCUT2D eigenvalue weighted by Gasteiger charge is 2.07. The summed E-state index contributed by atoms with van der Waals surface area (Å²) in [5.41, 5.74) is 1.42. The first-order chi connectivity index (χ1) is 8.60. The summed E-state index contributed by atoms with van der Waals surface area (Å²) < 4.78 is 0. The summed E-state index contributed by atoms with van der Waals surface area (Å²) in [5.74, 6) is 0. The van der Waals surface area contributed by atoms with Gasteiger partial charge in [0.2, 0.25) is 0 Å². The van der Waals surface area contributed by atoms with Gasteiger partial charge in [0.25, 0.3) is 5.24 Å². The third-order valence-corrected chi connectivity index (χ3v) is 3.48. The van der Waals surface area contributed by atoms with Crippen LogP contribution in [-0.4, -0.2) is 34.3 Å². The van der Waals surface area contributed by atoms with Crippen LogP contribution in [0.4, 0.5) is 4.79 Å². The number of aliphatic hydroxyl groups excluding tert-OH is 1. The molecule has 1 aromatic carbocycles. The van der Waals surface area contributed by atoms with Gasteiger partial charge >= 0.3 is 0 Å². The minimum Gasteiger partial charge on any atom is -0.390 e. The van der Waals surface area contributed by atoms with Gasteiger partial charge in [-0.2, -0.15) is 0 Å². The third kappa shape index (κ3) is 2.80. The second kappa shape index (κ2) is 5.37. The van der Waals surface area contributed by atoms with E-state index in [1.807, 2.05) is 24.3 Å². The molecule has 94 valence electrons. The normalized spacial score (nSPS) is 10.6. The highest BCUT2D eigenvalue weighted by atomic mass is 32.2. The standard InChI is InChI=1S/C13H14N2O2S/c1-15(2)13(17)18-11-6-4-9-3-5-10(8-16)14-12(9)7-11/h3-7,16H,8H2,1-2H3. The fourth-order valence-corrected chi connectivity index (χ4v) is 2.17. The minimum absolute atomic E-state index is 0.0207. The predicted molar refractivity (Wildman–Crippen MR) is 72.6 cm³/mol. The number of amides is 1. The highest BCUT2D eigenvalue weighted by Crippen LogP contribution is 2.24. The number of rotatable bonds is 2. The van der Waals surface area contributed by atoms with Crippen LogP contribution in [0, 0.1) is 0 Å². The molecule has 0 radical (unpaired) electrons. The van der Waals surface area contributed by atoms with Gasteiger partial charge in [-0.05, 0) is 30.0 Å². The van der Waals surface area contributed by atoms with Crippen molar-refractivity contribution in [3.8, 4) is 0 Å². The first kappa shape index (κ1) is 12.9. The smallest absolute Gasteiger partial charge is 0.285 e. The number of fused-ring (bicyclic) bond motifs is 1. The molecule has 5 heteroatoms. The van der Waals surface area contributed by atoms with Crippen molar-refractivity contribution in [1.29, 1.82) is 0 Å². The van der Waals surface area contributed by atoms with E-state index < -0.39 is 0 Å². The molecule has 0 fully saturated rings. The van der Waals surface area contributed by atoms with Crippen LogP contribution in [0.1, 0.15) is 5.69 Å². The van der Waals surface area contributed by atoms with E-state index in [0.29, 0.717) is 5.69 Å². The zero-order chi connectivity index (χ0) is 13.1. The fraction of sp³-hybridized carbons (Fsp3) is 0.231. The maximum atomic E-state index is 11.6. The molecular weight excluding hydrogens is 248 g/mol. The largest absolute Gasteiger partial charge is 0.390 e. The number of carbonyl (C=O) groups excluding carboxylic acids is 1. The number of aliphatic hydroxyl groups is 1. The molecule has 0 saturated carbocycles.